The summed E-state index contributed by atoms with van der Waals surface area (Å²) in [6.45, 7) is 4.94. The summed E-state index contributed by atoms with van der Waals surface area (Å²) >= 11 is 3.39. The Morgan fingerprint density at radius 2 is 1.97 bits per heavy atom. The van der Waals surface area contributed by atoms with Crippen LogP contribution in [0, 0.1) is 0 Å². The molecule has 3 aromatic rings. The standard InChI is InChI=1S/C21H25BrN4O4/c1-3-5-10-26-19-18(20(28)24-21(26)29)25(9-4-2)16(23-19)13-30-17(27)12-14-7-6-8-15(22)11-14/h6-8,11H,3-5,9-10,12-13H2,1-2H3,(H,24,28,29). The van der Waals surface area contributed by atoms with E-state index in [2.05, 4.69) is 25.9 Å². The Hall–Kier alpha value is -2.68. The van der Waals surface area contributed by atoms with Crippen LogP contribution in [0.1, 0.15) is 44.5 Å². The number of esters is 1. The molecule has 3 rings (SSSR count). The fourth-order valence-electron chi connectivity index (χ4n) is 3.33. The van der Waals surface area contributed by atoms with Gasteiger partial charge in [-0.25, -0.2) is 9.78 Å². The van der Waals surface area contributed by atoms with Crippen LogP contribution in [-0.2, 0) is 35.6 Å². The molecule has 0 spiro atoms. The second-order valence-electron chi connectivity index (χ2n) is 7.08. The molecule has 0 aliphatic rings. The molecule has 2 heterocycles. The van der Waals surface area contributed by atoms with Crippen molar-refractivity contribution < 1.29 is 9.53 Å². The monoisotopic (exact) mass is 476 g/mol. The van der Waals surface area contributed by atoms with Gasteiger partial charge in [0.25, 0.3) is 5.56 Å². The Kier molecular flexibility index (Phi) is 7.25. The Balaban J connectivity index is 1.90. The van der Waals surface area contributed by atoms with Gasteiger partial charge in [0.1, 0.15) is 12.4 Å². The number of nitrogens with one attached hydrogen (secondary N) is 1. The van der Waals surface area contributed by atoms with E-state index in [1.807, 2.05) is 38.1 Å². The van der Waals surface area contributed by atoms with Gasteiger partial charge in [-0.2, -0.15) is 0 Å². The molecular formula is C21H25BrN4O4. The lowest BCUT2D eigenvalue weighted by atomic mass is 10.2. The van der Waals surface area contributed by atoms with Crippen LogP contribution in [0.5, 0.6) is 0 Å². The molecule has 0 aliphatic carbocycles. The van der Waals surface area contributed by atoms with Gasteiger partial charge < -0.3 is 9.30 Å². The lowest BCUT2D eigenvalue weighted by molar-refractivity contribution is -0.144. The number of benzene rings is 1. The van der Waals surface area contributed by atoms with Crippen molar-refractivity contribution >= 4 is 33.1 Å². The van der Waals surface area contributed by atoms with Gasteiger partial charge in [0.15, 0.2) is 11.2 Å². The molecule has 0 fully saturated rings. The summed E-state index contributed by atoms with van der Waals surface area (Å²) in [6, 6.07) is 7.45. The van der Waals surface area contributed by atoms with E-state index in [0.29, 0.717) is 30.1 Å². The van der Waals surface area contributed by atoms with E-state index in [4.69, 9.17) is 4.74 Å². The first-order chi connectivity index (χ1) is 14.4. The second kappa shape index (κ2) is 9.88. The fourth-order valence-corrected chi connectivity index (χ4v) is 3.77. The minimum absolute atomic E-state index is 0.0665. The van der Waals surface area contributed by atoms with Gasteiger partial charge in [-0.1, -0.05) is 48.3 Å². The van der Waals surface area contributed by atoms with Crippen LogP contribution >= 0.6 is 15.9 Å². The maximum Gasteiger partial charge on any atom is 0.330 e. The fraction of sp³-hybridized carbons (Fsp3) is 0.429. The number of rotatable bonds is 9. The second-order valence-corrected chi connectivity index (χ2v) is 8.00. The van der Waals surface area contributed by atoms with E-state index in [1.54, 1.807) is 4.57 Å². The molecule has 1 aromatic carbocycles. The number of carbonyl (C=O) groups excluding carboxylic acids is 1. The number of hydrogen-bond donors (Lipinski definition) is 1. The third-order valence-corrected chi connectivity index (χ3v) is 5.24. The molecule has 0 amide bonds. The number of aryl methyl sites for hydroxylation is 2. The summed E-state index contributed by atoms with van der Waals surface area (Å²) in [4.78, 5) is 44.0. The number of nitrogens with zero attached hydrogens (tertiary/aromatic N) is 3. The minimum atomic E-state index is -0.476. The van der Waals surface area contributed by atoms with Crippen molar-refractivity contribution in [3.63, 3.8) is 0 Å². The normalized spacial score (nSPS) is 11.2. The van der Waals surface area contributed by atoms with Crippen LogP contribution in [0.3, 0.4) is 0 Å². The van der Waals surface area contributed by atoms with E-state index in [1.165, 1.54) is 4.57 Å². The molecule has 0 saturated heterocycles. The molecule has 0 radical (unpaired) electrons. The van der Waals surface area contributed by atoms with Crippen LogP contribution in [0.2, 0.25) is 0 Å². The molecule has 0 bridgehead atoms. The number of H-pyrrole nitrogens is 1. The molecule has 2 aromatic heterocycles. The third-order valence-electron chi connectivity index (χ3n) is 4.75. The number of fused-ring (bicyclic) bond motifs is 1. The van der Waals surface area contributed by atoms with Crippen molar-refractivity contribution in [1.29, 1.82) is 0 Å². The molecular weight excluding hydrogens is 452 g/mol. The van der Waals surface area contributed by atoms with Crippen molar-refractivity contribution in [1.82, 2.24) is 19.1 Å². The summed E-state index contributed by atoms with van der Waals surface area (Å²) in [5.74, 6) is 0.0660. The Labute approximate surface area is 182 Å². The van der Waals surface area contributed by atoms with Gasteiger partial charge in [-0.15, -0.1) is 0 Å². The molecule has 160 valence electrons. The first-order valence-electron chi connectivity index (χ1n) is 10.1. The molecule has 1 N–H and O–H groups in total. The summed E-state index contributed by atoms with van der Waals surface area (Å²) in [7, 11) is 0. The zero-order valence-corrected chi connectivity index (χ0v) is 18.7. The zero-order chi connectivity index (χ0) is 21.7. The summed E-state index contributed by atoms with van der Waals surface area (Å²) in [5.41, 5.74) is 0.561. The van der Waals surface area contributed by atoms with Crippen LogP contribution in [0.4, 0.5) is 0 Å². The van der Waals surface area contributed by atoms with E-state index >= 15 is 0 Å². The van der Waals surface area contributed by atoms with E-state index in [9.17, 15) is 14.4 Å². The minimum Gasteiger partial charge on any atom is -0.457 e. The molecule has 8 nitrogen and oxygen atoms in total. The number of aromatic nitrogens is 4. The van der Waals surface area contributed by atoms with E-state index in [-0.39, 0.29) is 19.0 Å². The molecule has 9 heteroatoms. The van der Waals surface area contributed by atoms with E-state index < -0.39 is 11.2 Å². The number of aromatic amines is 1. The van der Waals surface area contributed by atoms with Crippen molar-refractivity contribution in [3.8, 4) is 0 Å². The zero-order valence-electron chi connectivity index (χ0n) is 17.1. The highest BCUT2D eigenvalue weighted by Gasteiger charge is 2.19. The summed E-state index contributed by atoms with van der Waals surface area (Å²) < 4.78 is 9.56. The quantitative estimate of drug-likeness (QED) is 0.478. The smallest absolute Gasteiger partial charge is 0.330 e. The number of ether oxygens (including phenoxy) is 1. The van der Waals surface area contributed by atoms with E-state index in [0.717, 1.165) is 29.3 Å². The van der Waals surface area contributed by atoms with Crippen molar-refractivity contribution in [3.05, 3.63) is 61.0 Å². The van der Waals surface area contributed by atoms with Crippen molar-refractivity contribution in [2.45, 2.75) is 59.2 Å². The average Bonchev–Trinajstić information content (AvgIpc) is 3.05. The topological polar surface area (TPSA) is 99.0 Å². The number of imidazole rings is 1. The highest BCUT2D eigenvalue weighted by Crippen LogP contribution is 2.15. The largest absolute Gasteiger partial charge is 0.457 e. The molecule has 30 heavy (non-hydrogen) atoms. The lowest BCUT2D eigenvalue weighted by Gasteiger charge is -2.08. The van der Waals surface area contributed by atoms with Crippen LogP contribution < -0.4 is 11.2 Å². The van der Waals surface area contributed by atoms with Gasteiger partial charge in [0.05, 0.1) is 6.42 Å². The molecule has 0 unspecified atom stereocenters. The van der Waals surface area contributed by atoms with Crippen molar-refractivity contribution in [2.24, 2.45) is 0 Å². The predicted octanol–water partition coefficient (Wildman–Crippen LogP) is 3.14. The predicted molar refractivity (Wildman–Crippen MR) is 117 cm³/mol. The SMILES string of the molecule is CCCCn1c(=O)[nH]c(=O)c2c1nc(COC(=O)Cc1cccc(Br)c1)n2CCC. The summed E-state index contributed by atoms with van der Waals surface area (Å²) in [6.07, 6.45) is 2.59. The first-order valence-corrected chi connectivity index (χ1v) is 10.9. The first kappa shape index (κ1) is 22.0. The molecule has 0 aliphatic heterocycles. The lowest BCUT2D eigenvalue weighted by Crippen LogP contribution is -2.31. The van der Waals surface area contributed by atoms with Gasteiger partial charge in [-0.3, -0.25) is 19.1 Å². The number of unbranched alkanes of at least 4 members (excludes halogenated alkanes) is 1. The molecule has 0 saturated carbocycles. The highest BCUT2D eigenvalue weighted by molar-refractivity contribution is 9.10. The maximum atomic E-state index is 12.5. The van der Waals surface area contributed by atoms with Crippen LogP contribution in [0.15, 0.2) is 38.3 Å². The third kappa shape index (κ3) is 4.89. The Bertz CT molecular complexity index is 1160. The van der Waals surface area contributed by atoms with Crippen molar-refractivity contribution in [2.75, 3.05) is 0 Å². The van der Waals surface area contributed by atoms with Crippen LogP contribution in [0.25, 0.3) is 11.2 Å². The average molecular weight is 477 g/mol. The maximum absolute atomic E-state index is 12.5. The van der Waals surface area contributed by atoms with Crippen LogP contribution in [-0.4, -0.2) is 25.1 Å². The van der Waals surface area contributed by atoms with Gasteiger partial charge in [0.2, 0.25) is 0 Å². The number of halogens is 1. The summed E-state index contributed by atoms with van der Waals surface area (Å²) in [5, 5.41) is 0. The Morgan fingerprint density at radius 1 is 1.17 bits per heavy atom. The number of carbonyl (C=O) groups is 1. The Morgan fingerprint density at radius 3 is 2.67 bits per heavy atom. The van der Waals surface area contributed by atoms with Gasteiger partial charge in [-0.05, 0) is 30.5 Å². The highest BCUT2D eigenvalue weighted by atomic mass is 79.9. The van der Waals surface area contributed by atoms with Gasteiger partial charge in [0, 0.05) is 17.6 Å². The molecule has 0 atom stereocenters. The number of hydrogen-bond acceptors (Lipinski definition) is 5. The van der Waals surface area contributed by atoms with Gasteiger partial charge >= 0.3 is 11.7 Å².